The van der Waals surface area contributed by atoms with Crippen molar-refractivity contribution in [3.8, 4) is 11.5 Å². The topological polar surface area (TPSA) is 53.0 Å². The maximum atomic E-state index is 12.4. The molecule has 132 valence electrons. The zero-order chi connectivity index (χ0) is 17.6. The molecule has 25 heavy (non-hydrogen) atoms. The zero-order valence-electron chi connectivity index (χ0n) is 14.5. The van der Waals surface area contributed by atoms with Gasteiger partial charge in [-0.25, -0.2) is 0 Å². The largest absolute Gasteiger partial charge is 0.504 e. The van der Waals surface area contributed by atoms with Crippen LogP contribution in [0, 0.1) is 0 Å². The number of ether oxygens (including phenoxy) is 1. The highest BCUT2D eigenvalue weighted by atomic mass is 16.5. The molecule has 0 spiro atoms. The minimum absolute atomic E-state index is 0.0392. The first kappa shape index (κ1) is 17.1. The molecule has 1 fully saturated rings. The van der Waals surface area contributed by atoms with Crippen molar-refractivity contribution in [2.45, 2.75) is 19.4 Å². The van der Waals surface area contributed by atoms with Crippen molar-refractivity contribution >= 4 is 11.6 Å². The molecular weight excluding hydrogens is 316 g/mol. The van der Waals surface area contributed by atoms with E-state index in [1.54, 1.807) is 30.1 Å². The number of likely N-dealkylation sites (N-methyl/N-ethyl adjacent to an activating group) is 1. The van der Waals surface area contributed by atoms with Crippen LogP contribution in [0.5, 0.6) is 11.5 Å². The summed E-state index contributed by atoms with van der Waals surface area (Å²) in [5.41, 5.74) is 2.35. The Kier molecular flexibility index (Phi) is 5.43. The highest BCUT2D eigenvalue weighted by molar-refractivity contribution is 5.77. The van der Waals surface area contributed by atoms with Gasteiger partial charge in [0.15, 0.2) is 18.1 Å². The summed E-state index contributed by atoms with van der Waals surface area (Å²) in [6, 6.07) is 14.9. The lowest BCUT2D eigenvalue weighted by molar-refractivity contribution is -0.132. The monoisotopic (exact) mass is 340 g/mol. The minimum Gasteiger partial charge on any atom is -0.504 e. The summed E-state index contributed by atoms with van der Waals surface area (Å²) in [6.45, 7) is 2.59. The van der Waals surface area contributed by atoms with Crippen molar-refractivity contribution in [1.82, 2.24) is 4.90 Å². The summed E-state index contributed by atoms with van der Waals surface area (Å²) in [5, 5.41) is 9.70. The Labute approximate surface area is 148 Å². The number of benzene rings is 2. The van der Waals surface area contributed by atoms with Crippen LogP contribution in [0.2, 0.25) is 0 Å². The molecule has 2 aromatic carbocycles. The number of carbonyl (C=O) groups is 1. The van der Waals surface area contributed by atoms with Crippen LogP contribution in [0.1, 0.15) is 18.4 Å². The summed E-state index contributed by atoms with van der Waals surface area (Å²) in [6.07, 6.45) is 2.44. The van der Waals surface area contributed by atoms with Crippen molar-refractivity contribution < 1.29 is 14.6 Å². The number of para-hydroxylation sites is 3. The van der Waals surface area contributed by atoms with E-state index in [1.165, 1.54) is 24.6 Å². The van der Waals surface area contributed by atoms with Gasteiger partial charge in [-0.1, -0.05) is 30.3 Å². The maximum absolute atomic E-state index is 12.4. The Bertz CT molecular complexity index is 726. The van der Waals surface area contributed by atoms with Crippen LogP contribution in [0.3, 0.4) is 0 Å². The van der Waals surface area contributed by atoms with Crippen molar-refractivity contribution in [3.63, 3.8) is 0 Å². The van der Waals surface area contributed by atoms with Crippen LogP contribution in [-0.4, -0.2) is 42.7 Å². The Morgan fingerprint density at radius 2 is 1.80 bits per heavy atom. The first-order chi connectivity index (χ1) is 12.1. The lowest BCUT2D eigenvalue weighted by Crippen LogP contribution is -2.31. The summed E-state index contributed by atoms with van der Waals surface area (Å²) in [7, 11) is 1.78. The van der Waals surface area contributed by atoms with Crippen molar-refractivity contribution in [3.05, 3.63) is 54.1 Å². The molecule has 2 aromatic rings. The van der Waals surface area contributed by atoms with E-state index in [9.17, 15) is 9.90 Å². The summed E-state index contributed by atoms with van der Waals surface area (Å²) in [4.78, 5) is 16.4. The van der Waals surface area contributed by atoms with Gasteiger partial charge in [-0.05, 0) is 36.6 Å². The van der Waals surface area contributed by atoms with Crippen molar-refractivity contribution in [1.29, 1.82) is 0 Å². The first-order valence-corrected chi connectivity index (χ1v) is 8.63. The van der Waals surface area contributed by atoms with Gasteiger partial charge in [-0.3, -0.25) is 4.79 Å². The molecule has 1 heterocycles. The van der Waals surface area contributed by atoms with Gasteiger partial charge in [0, 0.05) is 32.4 Å². The molecule has 3 rings (SSSR count). The van der Waals surface area contributed by atoms with E-state index in [2.05, 4.69) is 17.0 Å². The second-order valence-corrected chi connectivity index (χ2v) is 6.33. The molecule has 1 saturated heterocycles. The smallest absolute Gasteiger partial charge is 0.260 e. The van der Waals surface area contributed by atoms with E-state index >= 15 is 0 Å². The van der Waals surface area contributed by atoms with Gasteiger partial charge in [-0.2, -0.15) is 0 Å². The highest BCUT2D eigenvalue weighted by Gasteiger charge is 2.18. The van der Waals surface area contributed by atoms with Gasteiger partial charge in [-0.15, -0.1) is 0 Å². The van der Waals surface area contributed by atoms with Crippen LogP contribution in [0.4, 0.5) is 5.69 Å². The van der Waals surface area contributed by atoms with Crippen LogP contribution in [-0.2, 0) is 11.3 Å². The number of aromatic hydroxyl groups is 1. The number of hydrogen-bond donors (Lipinski definition) is 1. The Balaban J connectivity index is 1.61. The SMILES string of the molecule is CN(Cc1ccccc1N1CCCC1)C(=O)COc1ccccc1O. The number of phenols is 1. The lowest BCUT2D eigenvalue weighted by Gasteiger charge is -2.24. The Morgan fingerprint density at radius 3 is 2.56 bits per heavy atom. The van der Waals surface area contributed by atoms with Gasteiger partial charge >= 0.3 is 0 Å². The number of hydrogen-bond acceptors (Lipinski definition) is 4. The zero-order valence-corrected chi connectivity index (χ0v) is 14.5. The molecule has 0 aliphatic carbocycles. The third-order valence-electron chi connectivity index (χ3n) is 4.49. The predicted octanol–water partition coefficient (Wildman–Crippen LogP) is 3.03. The molecule has 0 atom stereocenters. The van der Waals surface area contributed by atoms with Crippen molar-refractivity contribution in [2.24, 2.45) is 0 Å². The van der Waals surface area contributed by atoms with Gasteiger partial charge in [0.2, 0.25) is 0 Å². The van der Waals surface area contributed by atoms with Gasteiger partial charge < -0.3 is 19.6 Å². The molecule has 0 aromatic heterocycles. The molecular formula is C20H24N2O3. The molecule has 5 heteroatoms. The fraction of sp³-hybridized carbons (Fsp3) is 0.350. The molecule has 0 saturated carbocycles. The van der Waals surface area contributed by atoms with E-state index < -0.39 is 0 Å². The third kappa shape index (κ3) is 4.24. The van der Waals surface area contributed by atoms with E-state index in [1.807, 2.05) is 12.1 Å². The number of carbonyl (C=O) groups excluding carboxylic acids is 1. The molecule has 1 amide bonds. The maximum Gasteiger partial charge on any atom is 0.260 e. The second kappa shape index (κ2) is 7.92. The van der Waals surface area contributed by atoms with Crippen molar-refractivity contribution in [2.75, 3.05) is 31.6 Å². The lowest BCUT2D eigenvalue weighted by atomic mass is 10.1. The summed E-state index contributed by atoms with van der Waals surface area (Å²) < 4.78 is 5.44. The Morgan fingerprint density at radius 1 is 1.12 bits per heavy atom. The quantitative estimate of drug-likeness (QED) is 0.878. The summed E-state index contributed by atoms with van der Waals surface area (Å²) >= 11 is 0. The molecule has 1 aliphatic rings. The van der Waals surface area contributed by atoms with Gasteiger partial charge in [0.1, 0.15) is 0 Å². The van der Waals surface area contributed by atoms with Crippen LogP contribution in [0.15, 0.2) is 48.5 Å². The fourth-order valence-electron chi connectivity index (χ4n) is 3.08. The number of amides is 1. The van der Waals surface area contributed by atoms with E-state index in [4.69, 9.17) is 4.74 Å². The molecule has 1 N–H and O–H groups in total. The van der Waals surface area contributed by atoms with E-state index in [-0.39, 0.29) is 18.3 Å². The van der Waals surface area contributed by atoms with E-state index in [0.717, 1.165) is 18.7 Å². The number of anilines is 1. The molecule has 1 aliphatic heterocycles. The van der Waals surface area contributed by atoms with Crippen LogP contribution in [0.25, 0.3) is 0 Å². The number of rotatable bonds is 6. The predicted molar refractivity (Wildman–Crippen MR) is 98.0 cm³/mol. The fourth-order valence-corrected chi connectivity index (χ4v) is 3.08. The molecule has 0 unspecified atom stereocenters. The highest BCUT2D eigenvalue weighted by Crippen LogP contribution is 2.26. The average Bonchev–Trinajstić information content (AvgIpc) is 3.15. The first-order valence-electron chi connectivity index (χ1n) is 8.63. The molecule has 0 bridgehead atoms. The molecule has 5 nitrogen and oxygen atoms in total. The van der Waals surface area contributed by atoms with Crippen LogP contribution >= 0.6 is 0 Å². The van der Waals surface area contributed by atoms with Gasteiger partial charge in [0.25, 0.3) is 5.91 Å². The normalized spacial score (nSPS) is 13.7. The van der Waals surface area contributed by atoms with E-state index in [0.29, 0.717) is 12.3 Å². The second-order valence-electron chi connectivity index (χ2n) is 6.33. The summed E-state index contributed by atoms with van der Waals surface area (Å²) in [5.74, 6) is 0.235. The van der Waals surface area contributed by atoms with Crippen LogP contribution < -0.4 is 9.64 Å². The minimum atomic E-state index is -0.125. The molecule has 0 radical (unpaired) electrons. The van der Waals surface area contributed by atoms with Gasteiger partial charge in [0.05, 0.1) is 0 Å². The Hall–Kier alpha value is -2.69. The third-order valence-corrected chi connectivity index (χ3v) is 4.49. The number of nitrogens with zero attached hydrogens (tertiary/aromatic N) is 2. The number of phenolic OH excluding ortho intramolecular Hbond substituents is 1. The standard InChI is InChI=1S/C20H24N2O3/c1-21(20(24)15-25-19-11-5-4-10-18(19)23)14-16-8-2-3-9-17(16)22-12-6-7-13-22/h2-5,8-11,23H,6-7,12-15H2,1H3. The average molecular weight is 340 g/mol.